The van der Waals surface area contributed by atoms with E-state index in [0.29, 0.717) is 10.6 Å². The quantitative estimate of drug-likeness (QED) is 0.430. The zero-order valence-corrected chi connectivity index (χ0v) is 12.5. The molecule has 20 heavy (non-hydrogen) atoms. The summed E-state index contributed by atoms with van der Waals surface area (Å²) in [7, 11) is 1.33. The van der Waals surface area contributed by atoms with Crippen LogP contribution >= 0.6 is 0 Å². The number of nitrogens with zero attached hydrogens (tertiary/aromatic N) is 1. The van der Waals surface area contributed by atoms with Crippen LogP contribution < -0.4 is 0 Å². The van der Waals surface area contributed by atoms with Gasteiger partial charge in [0.15, 0.2) is 0 Å². The van der Waals surface area contributed by atoms with Crippen LogP contribution in [0, 0.1) is 0 Å². The second-order valence-corrected chi connectivity index (χ2v) is 5.06. The van der Waals surface area contributed by atoms with Crippen molar-refractivity contribution in [2.24, 2.45) is 0 Å². The van der Waals surface area contributed by atoms with Crippen molar-refractivity contribution in [1.29, 1.82) is 0 Å². The number of carbonyl (C=O) groups is 1. The SMILES string of the molecule is CCCCCCCC=Cc1cccc(C(=O)N(C)O)c1. The minimum Gasteiger partial charge on any atom is -0.286 e. The van der Waals surface area contributed by atoms with Crippen molar-refractivity contribution in [2.75, 3.05) is 7.05 Å². The molecule has 0 spiro atoms. The van der Waals surface area contributed by atoms with Crippen LogP contribution in [0.3, 0.4) is 0 Å². The van der Waals surface area contributed by atoms with Crippen molar-refractivity contribution in [1.82, 2.24) is 5.06 Å². The van der Waals surface area contributed by atoms with E-state index in [9.17, 15) is 4.79 Å². The summed E-state index contributed by atoms with van der Waals surface area (Å²) in [5.41, 5.74) is 1.49. The van der Waals surface area contributed by atoms with Crippen LogP contribution in [0.25, 0.3) is 6.08 Å². The third-order valence-electron chi connectivity index (χ3n) is 3.21. The molecule has 1 N–H and O–H groups in total. The standard InChI is InChI=1S/C17H25NO2/c1-3-4-5-6-7-8-9-11-15-12-10-13-16(14-15)17(19)18(2)20/h9-14,20H,3-8H2,1-2H3. The average Bonchev–Trinajstić information content (AvgIpc) is 2.45. The Morgan fingerprint density at radius 3 is 2.70 bits per heavy atom. The van der Waals surface area contributed by atoms with Crippen molar-refractivity contribution in [2.45, 2.75) is 45.4 Å². The van der Waals surface area contributed by atoms with Gasteiger partial charge in [0.05, 0.1) is 0 Å². The Kier molecular flexibility index (Phi) is 7.66. The third-order valence-corrected chi connectivity index (χ3v) is 3.21. The molecule has 0 aliphatic rings. The van der Waals surface area contributed by atoms with Gasteiger partial charge < -0.3 is 0 Å². The second kappa shape index (κ2) is 9.32. The van der Waals surface area contributed by atoms with Gasteiger partial charge in [-0.15, -0.1) is 0 Å². The fraction of sp³-hybridized carbons (Fsp3) is 0.471. The Hall–Kier alpha value is -1.61. The minimum absolute atomic E-state index is 0.389. The normalized spacial score (nSPS) is 10.9. The van der Waals surface area contributed by atoms with Crippen molar-refractivity contribution in [3.05, 3.63) is 41.5 Å². The van der Waals surface area contributed by atoms with Crippen molar-refractivity contribution in [3.63, 3.8) is 0 Å². The van der Waals surface area contributed by atoms with Gasteiger partial charge in [0.1, 0.15) is 0 Å². The zero-order chi connectivity index (χ0) is 14.8. The number of hydrogen-bond acceptors (Lipinski definition) is 2. The molecule has 0 atom stereocenters. The molecule has 3 nitrogen and oxygen atoms in total. The van der Waals surface area contributed by atoms with Crippen molar-refractivity contribution < 1.29 is 10.0 Å². The number of carbonyl (C=O) groups excluding carboxylic acids is 1. The Morgan fingerprint density at radius 2 is 2.00 bits per heavy atom. The number of unbranched alkanes of at least 4 members (excludes halogenated alkanes) is 5. The number of benzene rings is 1. The van der Waals surface area contributed by atoms with Crippen LogP contribution in [0.15, 0.2) is 30.3 Å². The summed E-state index contributed by atoms with van der Waals surface area (Å²) >= 11 is 0. The Labute approximate surface area is 121 Å². The predicted octanol–water partition coefficient (Wildman–Crippen LogP) is 4.52. The van der Waals surface area contributed by atoms with Crippen molar-refractivity contribution >= 4 is 12.0 Å². The largest absolute Gasteiger partial charge is 0.286 e. The van der Waals surface area contributed by atoms with E-state index in [1.54, 1.807) is 12.1 Å². The molecule has 0 radical (unpaired) electrons. The smallest absolute Gasteiger partial charge is 0.276 e. The van der Waals surface area contributed by atoms with E-state index in [0.717, 1.165) is 12.0 Å². The number of hydrogen-bond donors (Lipinski definition) is 1. The highest BCUT2D eigenvalue weighted by atomic mass is 16.5. The first-order valence-electron chi connectivity index (χ1n) is 7.38. The van der Waals surface area contributed by atoms with E-state index in [1.165, 1.54) is 39.2 Å². The average molecular weight is 275 g/mol. The van der Waals surface area contributed by atoms with Gasteiger partial charge in [-0.25, -0.2) is 5.06 Å². The summed E-state index contributed by atoms with van der Waals surface area (Å²) in [5.74, 6) is -0.389. The van der Waals surface area contributed by atoms with E-state index >= 15 is 0 Å². The van der Waals surface area contributed by atoms with Crippen LogP contribution in [-0.2, 0) is 0 Å². The lowest BCUT2D eigenvalue weighted by Crippen LogP contribution is -2.22. The molecule has 0 bridgehead atoms. The fourth-order valence-electron chi connectivity index (χ4n) is 2.05. The van der Waals surface area contributed by atoms with Gasteiger partial charge in [-0.05, 0) is 30.5 Å². The number of hydroxylamine groups is 2. The highest BCUT2D eigenvalue weighted by Crippen LogP contribution is 2.11. The predicted molar refractivity (Wildman–Crippen MR) is 82.7 cm³/mol. The monoisotopic (exact) mass is 275 g/mol. The van der Waals surface area contributed by atoms with Crippen LogP contribution in [0.1, 0.15) is 61.4 Å². The van der Waals surface area contributed by atoms with Crippen LogP contribution in [0.2, 0.25) is 0 Å². The zero-order valence-electron chi connectivity index (χ0n) is 12.5. The van der Waals surface area contributed by atoms with Gasteiger partial charge in [-0.3, -0.25) is 10.0 Å². The minimum atomic E-state index is -0.389. The molecule has 0 aromatic heterocycles. The fourth-order valence-corrected chi connectivity index (χ4v) is 2.05. The Bertz CT molecular complexity index is 438. The molecule has 110 valence electrons. The lowest BCUT2D eigenvalue weighted by atomic mass is 10.1. The highest BCUT2D eigenvalue weighted by Gasteiger charge is 2.08. The number of allylic oxidation sites excluding steroid dienone is 1. The maximum atomic E-state index is 11.6. The number of amides is 1. The summed E-state index contributed by atoms with van der Waals surface area (Å²) in [6, 6.07) is 7.29. The van der Waals surface area contributed by atoms with Crippen LogP contribution in [-0.4, -0.2) is 23.2 Å². The first kappa shape index (κ1) is 16.4. The molecular formula is C17H25NO2. The molecule has 0 aliphatic carbocycles. The Balaban J connectivity index is 2.44. The summed E-state index contributed by atoms with van der Waals surface area (Å²) in [5, 5.41) is 9.76. The first-order valence-corrected chi connectivity index (χ1v) is 7.38. The maximum absolute atomic E-state index is 11.6. The molecule has 0 fully saturated rings. The van der Waals surface area contributed by atoms with Gasteiger partial charge in [0.2, 0.25) is 0 Å². The summed E-state index contributed by atoms with van der Waals surface area (Å²) in [6.07, 6.45) is 11.7. The van der Waals surface area contributed by atoms with E-state index in [2.05, 4.69) is 13.0 Å². The van der Waals surface area contributed by atoms with Crippen molar-refractivity contribution in [3.8, 4) is 0 Å². The molecule has 3 heteroatoms. The number of rotatable bonds is 8. The second-order valence-electron chi connectivity index (χ2n) is 5.06. The molecule has 0 heterocycles. The molecule has 0 unspecified atom stereocenters. The molecule has 0 saturated heterocycles. The lowest BCUT2D eigenvalue weighted by Gasteiger charge is -2.08. The molecule has 1 amide bonds. The van der Waals surface area contributed by atoms with Gasteiger partial charge in [-0.1, -0.05) is 56.9 Å². The highest BCUT2D eigenvalue weighted by molar-refractivity contribution is 5.93. The van der Waals surface area contributed by atoms with Gasteiger partial charge in [0.25, 0.3) is 5.91 Å². The molecule has 1 rings (SSSR count). The van der Waals surface area contributed by atoms with E-state index < -0.39 is 0 Å². The summed E-state index contributed by atoms with van der Waals surface area (Å²) in [4.78, 5) is 11.6. The third kappa shape index (κ3) is 6.02. The first-order chi connectivity index (χ1) is 9.65. The van der Waals surface area contributed by atoms with E-state index in [1.807, 2.05) is 18.2 Å². The van der Waals surface area contributed by atoms with Crippen LogP contribution in [0.5, 0.6) is 0 Å². The van der Waals surface area contributed by atoms with Gasteiger partial charge in [0, 0.05) is 12.6 Å². The summed E-state index contributed by atoms with van der Waals surface area (Å²) in [6.45, 7) is 2.22. The maximum Gasteiger partial charge on any atom is 0.276 e. The molecule has 1 aromatic carbocycles. The molecule has 0 saturated carbocycles. The molecule has 1 aromatic rings. The van der Waals surface area contributed by atoms with Gasteiger partial charge >= 0.3 is 0 Å². The van der Waals surface area contributed by atoms with E-state index in [4.69, 9.17) is 5.21 Å². The molecule has 0 aliphatic heterocycles. The summed E-state index contributed by atoms with van der Waals surface area (Å²) < 4.78 is 0. The molecular weight excluding hydrogens is 250 g/mol. The lowest BCUT2D eigenvalue weighted by molar-refractivity contribution is -0.0374. The Morgan fingerprint density at radius 1 is 1.25 bits per heavy atom. The van der Waals surface area contributed by atoms with Crippen LogP contribution in [0.4, 0.5) is 0 Å². The topological polar surface area (TPSA) is 40.5 Å². The van der Waals surface area contributed by atoms with Gasteiger partial charge in [-0.2, -0.15) is 0 Å². The van der Waals surface area contributed by atoms with E-state index in [-0.39, 0.29) is 5.91 Å².